The van der Waals surface area contributed by atoms with Crippen LogP contribution in [0, 0.1) is 0 Å². The predicted octanol–water partition coefficient (Wildman–Crippen LogP) is 2.68. The smallest absolute Gasteiger partial charge is 0.323 e. The number of hydrogen-bond donors (Lipinski definition) is 3. The Labute approximate surface area is 123 Å². The second-order valence-corrected chi connectivity index (χ2v) is 4.68. The lowest BCUT2D eigenvalue weighted by atomic mass is 10.2. The van der Waals surface area contributed by atoms with E-state index < -0.39 is 0 Å². The molecule has 0 radical (unpaired) electrons. The average Bonchev–Trinajstić information content (AvgIpc) is 3.03. The molecule has 1 aliphatic rings. The van der Waals surface area contributed by atoms with Gasteiger partial charge in [0.25, 0.3) is 0 Å². The van der Waals surface area contributed by atoms with Crippen LogP contribution >= 0.6 is 0 Å². The first-order valence-corrected chi connectivity index (χ1v) is 6.83. The van der Waals surface area contributed by atoms with Gasteiger partial charge in [0.05, 0.1) is 6.54 Å². The molecule has 0 saturated carbocycles. The molecule has 5 nitrogen and oxygen atoms in total. The number of amides is 2. The highest BCUT2D eigenvalue weighted by Crippen LogP contribution is 2.12. The van der Waals surface area contributed by atoms with Crippen molar-refractivity contribution in [1.82, 2.24) is 5.32 Å². The molecule has 3 rings (SSSR count). The molecule has 0 fully saturated rings. The number of anilines is 2. The van der Waals surface area contributed by atoms with E-state index in [1.807, 2.05) is 54.6 Å². The first kappa shape index (κ1) is 13.2. The van der Waals surface area contributed by atoms with Crippen LogP contribution in [0.5, 0.6) is 0 Å². The van der Waals surface area contributed by atoms with Crippen molar-refractivity contribution < 1.29 is 4.79 Å². The van der Waals surface area contributed by atoms with Crippen molar-refractivity contribution >= 4 is 23.2 Å². The van der Waals surface area contributed by atoms with E-state index in [1.165, 1.54) is 0 Å². The largest absolute Gasteiger partial charge is 0.368 e. The number of carbonyl (C=O) groups excluding carboxylic acids is 1. The molecule has 2 aromatic rings. The van der Waals surface area contributed by atoms with Crippen molar-refractivity contribution in [2.45, 2.75) is 0 Å². The minimum absolute atomic E-state index is 0.259. The van der Waals surface area contributed by atoms with Crippen molar-refractivity contribution in [1.29, 1.82) is 0 Å². The van der Waals surface area contributed by atoms with Gasteiger partial charge >= 0.3 is 6.03 Å². The number of rotatable bonds is 3. The van der Waals surface area contributed by atoms with Crippen molar-refractivity contribution in [2.24, 2.45) is 4.99 Å². The van der Waals surface area contributed by atoms with Crippen molar-refractivity contribution in [3.8, 4) is 0 Å². The third-order valence-electron chi connectivity index (χ3n) is 3.12. The minimum Gasteiger partial charge on any atom is -0.368 e. The van der Waals surface area contributed by atoms with Crippen molar-refractivity contribution in [3.63, 3.8) is 0 Å². The van der Waals surface area contributed by atoms with Gasteiger partial charge in [-0.1, -0.05) is 18.2 Å². The molecule has 2 amide bonds. The Hall–Kier alpha value is -2.82. The Morgan fingerprint density at radius 1 is 0.952 bits per heavy atom. The van der Waals surface area contributed by atoms with Crippen LogP contribution in [0.2, 0.25) is 0 Å². The molecule has 0 bridgehead atoms. The van der Waals surface area contributed by atoms with E-state index in [0.717, 1.165) is 35.9 Å². The van der Waals surface area contributed by atoms with E-state index >= 15 is 0 Å². The summed E-state index contributed by atoms with van der Waals surface area (Å²) in [5.41, 5.74) is 2.53. The average molecular weight is 280 g/mol. The van der Waals surface area contributed by atoms with Gasteiger partial charge in [-0.3, -0.25) is 4.99 Å². The van der Waals surface area contributed by atoms with Gasteiger partial charge in [-0.2, -0.15) is 0 Å². The number of amidine groups is 1. The monoisotopic (exact) mass is 280 g/mol. The van der Waals surface area contributed by atoms with Gasteiger partial charge in [-0.05, 0) is 36.4 Å². The summed E-state index contributed by atoms with van der Waals surface area (Å²) in [6.45, 7) is 1.70. The lowest BCUT2D eigenvalue weighted by Crippen LogP contribution is -2.20. The number of para-hydroxylation sites is 1. The van der Waals surface area contributed by atoms with Crippen molar-refractivity contribution in [2.75, 3.05) is 23.7 Å². The lowest BCUT2D eigenvalue weighted by Gasteiger charge is -2.08. The minimum atomic E-state index is -0.259. The second kappa shape index (κ2) is 6.09. The third-order valence-corrected chi connectivity index (χ3v) is 3.12. The van der Waals surface area contributed by atoms with Gasteiger partial charge in [0.15, 0.2) is 0 Å². The fourth-order valence-electron chi connectivity index (χ4n) is 2.12. The van der Waals surface area contributed by atoms with Crippen LogP contribution in [0.4, 0.5) is 16.2 Å². The van der Waals surface area contributed by atoms with Crippen LogP contribution in [0.3, 0.4) is 0 Å². The molecule has 0 atom stereocenters. The summed E-state index contributed by atoms with van der Waals surface area (Å²) >= 11 is 0. The number of nitrogens with one attached hydrogen (secondary N) is 3. The quantitative estimate of drug-likeness (QED) is 0.809. The van der Waals surface area contributed by atoms with Crippen LogP contribution in [0.15, 0.2) is 59.6 Å². The number of carbonyl (C=O) groups is 1. The Kier molecular flexibility index (Phi) is 3.82. The Morgan fingerprint density at radius 3 is 2.24 bits per heavy atom. The predicted molar refractivity (Wildman–Crippen MR) is 84.9 cm³/mol. The summed E-state index contributed by atoms with van der Waals surface area (Å²) in [7, 11) is 0. The van der Waals surface area contributed by atoms with Gasteiger partial charge in [-0.25, -0.2) is 4.79 Å². The zero-order chi connectivity index (χ0) is 14.5. The maximum Gasteiger partial charge on any atom is 0.323 e. The second-order valence-electron chi connectivity index (χ2n) is 4.68. The van der Waals surface area contributed by atoms with Crippen LogP contribution in [0.1, 0.15) is 5.56 Å². The lowest BCUT2D eigenvalue weighted by molar-refractivity contribution is 0.262. The van der Waals surface area contributed by atoms with E-state index in [-0.39, 0.29) is 6.03 Å². The fraction of sp³-hybridized carbons (Fsp3) is 0.125. The van der Waals surface area contributed by atoms with Crippen LogP contribution in [-0.2, 0) is 0 Å². The van der Waals surface area contributed by atoms with E-state index in [1.54, 1.807) is 0 Å². The summed E-state index contributed by atoms with van der Waals surface area (Å²) < 4.78 is 0. The first-order chi connectivity index (χ1) is 10.3. The normalized spacial score (nSPS) is 13.2. The zero-order valence-corrected chi connectivity index (χ0v) is 11.5. The van der Waals surface area contributed by atoms with Gasteiger partial charge in [0.2, 0.25) is 0 Å². The van der Waals surface area contributed by atoms with Crippen LogP contribution < -0.4 is 16.0 Å². The highest BCUT2D eigenvalue weighted by Gasteiger charge is 2.08. The summed E-state index contributed by atoms with van der Waals surface area (Å²) in [6, 6.07) is 16.7. The molecule has 0 spiro atoms. The number of hydrogen-bond acceptors (Lipinski definition) is 3. The number of aliphatic imine (C=N–C) groups is 1. The van der Waals surface area contributed by atoms with Crippen LogP contribution in [0.25, 0.3) is 0 Å². The van der Waals surface area contributed by atoms with Gasteiger partial charge in [-0.15, -0.1) is 0 Å². The molecule has 21 heavy (non-hydrogen) atoms. The molecule has 1 aliphatic heterocycles. The highest BCUT2D eigenvalue weighted by molar-refractivity contribution is 6.02. The molecule has 0 aromatic heterocycles. The summed E-state index contributed by atoms with van der Waals surface area (Å²) in [6.07, 6.45) is 0. The molecule has 0 aliphatic carbocycles. The topological polar surface area (TPSA) is 65.5 Å². The Balaban J connectivity index is 1.61. The van der Waals surface area contributed by atoms with Gasteiger partial charge in [0, 0.05) is 23.5 Å². The molecular weight excluding hydrogens is 264 g/mol. The summed E-state index contributed by atoms with van der Waals surface area (Å²) in [5.74, 6) is 0.912. The number of nitrogens with zero attached hydrogens (tertiary/aromatic N) is 1. The molecule has 3 N–H and O–H groups in total. The SMILES string of the molecule is O=C(Nc1ccccc1)Nc1ccc(C2=NCCN2)cc1. The molecule has 2 aromatic carbocycles. The van der Waals surface area contributed by atoms with Crippen molar-refractivity contribution in [3.05, 3.63) is 60.2 Å². The zero-order valence-electron chi connectivity index (χ0n) is 11.5. The molecule has 0 unspecified atom stereocenters. The maximum absolute atomic E-state index is 11.9. The van der Waals surface area contributed by atoms with Gasteiger partial charge < -0.3 is 16.0 Å². The maximum atomic E-state index is 11.9. The Bertz CT molecular complexity index is 650. The Morgan fingerprint density at radius 2 is 1.62 bits per heavy atom. The molecule has 5 heteroatoms. The summed E-state index contributed by atoms with van der Waals surface area (Å²) in [4.78, 5) is 16.2. The van der Waals surface area contributed by atoms with Crippen LogP contribution in [-0.4, -0.2) is 25.0 Å². The fourth-order valence-corrected chi connectivity index (χ4v) is 2.12. The molecular formula is C16H16N4O. The first-order valence-electron chi connectivity index (χ1n) is 6.83. The molecule has 0 saturated heterocycles. The standard InChI is InChI=1S/C16H16N4O/c21-16(19-13-4-2-1-3-5-13)20-14-8-6-12(7-9-14)15-17-10-11-18-15/h1-9H,10-11H2,(H,17,18)(H2,19,20,21). The van der Waals surface area contributed by atoms with E-state index in [9.17, 15) is 4.79 Å². The number of benzene rings is 2. The van der Waals surface area contributed by atoms with E-state index in [2.05, 4.69) is 20.9 Å². The summed E-state index contributed by atoms with van der Waals surface area (Å²) in [5, 5.41) is 8.79. The highest BCUT2D eigenvalue weighted by atomic mass is 16.2. The molecule has 106 valence electrons. The van der Waals surface area contributed by atoms with Gasteiger partial charge in [0.1, 0.15) is 5.84 Å². The third kappa shape index (κ3) is 3.39. The number of urea groups is 1. The molecule has 1 heterocycles. The van der Waals surface area contributed by atoms with E-state index in [4.69, 9.17) is 0 Å². The van der Waals surface area contributed by atoms with E-state index in [0.29, 0.717) is 0 Å².